The number of nitrogens with two attached hydrogens (primary N) is 1. The predicted molar refractivity (Wildman–Crippen MR) is 83.6 cm³/mol. The highest BCUT2D eigenvalue weighted by Crippen LogP contribution is 2.10. The van der Waals surface area contributed by atoms with Crippen molar-refractivity contribution in [1.29, 1.82) is 0 Å². The van der Waals surface area contributed by atoms with Crippen molar-refractivity contribution in [3.8, 4) is 0 Å². The molecular formula is C15H19N3O2S. The van der Waals surface area contributed by atoms with E-state index in [9.17, 15) is 8.42 Å². The van der Waals surface area contributed by atoms with Crippen molar-refractivity contribution in [3.63, 3.8) is 0 Å². The van der Waals surface area contributed by atoms with Gasteiger partial charge in [0.05, 0.1) is 16.8 Å². The van der Waals surface area contributed by atoms with Crippen molar-refractivity contribution in [2.75, 3.05) is 18.5 Å². The lowest BCUT2D eigenvalue weighted by molar-refractivity contribution is 0.601. The summed E-state index contributed by atoms with van der Waals surface area (Å²) < 4.78 is 22.7. The molecule has 0 aliphatic rings. The Morgan fingerprint density at radius 2 is 1.86 bits per heavy atom. The number of nitrogen functional groups attached to an aromatic ring is 1. The first-order chi connectivity index (χ1) is 9.95. The van der Waals surface area contributed by atoms with Gasteiger partial charge < -0.3 is 11.1 Å². The van der Waals surface area contributed by atoms with Crippen LogP contribution in [-0.4, -0.2) is 26.2 Å². The van der Waals surface area contributed by atoms with Crippen molar-refractivity contribution in [2.24, 2.45) is 0 Å². The maximum atomic E-state index is 11.4. The summed E-state index contributed by atoms with van der Waals surface area (Å²) in [5.41, 5.74) is 8.28. The van der Waals surface area contributed by atoms with Gasteiger partial charge >= 0.3 is 0 Å². The highest BCUT2D eigenvalue weighted by atomic mass is 32.2. The number of hydrogen-bond donors (Lipinski definition) is 2. The smallest absolute Gasteiger partial charge is 0.175 e. The molecule has 0 bridgehead atoms. The van der Waals surface area contributed by atoms with E-state index in [1.54, 1.807) is 18.3 Å². The van der Waals surface area contributed by atoms with Crippen LogP contribution in [0.5, 0.6) is 0 Å². The minimum absolute atomic E-state index is 0.345. The molecule has 0 aliphatic carbocycles. The molecule has 112 valence electrons. The summed E-state index contributed by atoms with van der Waals surface area (Å²) in [4.78, 5) is 4.57. The van der Waals surface area contributed by atoms with Gasteiger partial charge in [0.2, 0.25) is 0 Å². The van der Waals surface area contributed by atoms with Crippen LogP contribution in [-0.2, 0) is 22.8 Å². The zero-order chi connectivity index (χ0) is 15.3. The van der Waals surface area contributed by atoms with E-state index < -0.39 is 9.84 Å². The molecule has 0 amide bonds. The number of anilines is 1. The molecule has 3 N–H and O–H groups in total. The van der Waals surface area contributed by atoms with Gasteiger partial charge in [-0.25, -0.2) is 8.42 Å². The molecule has 0 atom stereocenters. The Kier molecular flexibility index (Phi) is 4.93. The maximum Gasteiger partial charge on any atom is 0.175 e. The second-order valence-corrected chi connectivity index (χ2v) is 6.94. The third kappa shape index (κ3) is 4.84. The number of nitrogens with zero attached hydrogens (tertiary/aromatic N) is 1. The lowest BCUT2D eigenvalue weighted by Crippen LogP contribution is -2.17. The predicted octanol–water partition coefficient (Wildman–Crippen LogP) is 1.40. The first kappa shape index (κ1) is 15.5. The van der Waals surface area contributed by atoms with E-state index >= 15 is 0 Å². The summed E-state index contributed by atoms with van der Waals surface area (Å²) in [6.45, 7) is 1.49. The molecule has 2 rings (SSSR count). The van der Waals surface area contributed by atoms with E-state index in [1.165, 1.54) is 6.26 Å². The maximum absolute atomic E-state index is 11.4. The third-order valence-electron chi connectivity index (χ3n) is 3.09. The first-order valence-electron chi connectivity index (χ1n) is 6.65. The Balaban J connectivity index is 1.80. The van der Waals surface area contributed by atoms with Gasteiger partial charge in [0, 0.05) is 31.5 Å². The average molecular weight is 305 g/mol. The number of sulfone groups is 1. The van der Waals surface area contributed by atoms with Gasteiger partial charge in [-0.3, -0.25) is 4.98 Å². The van der Waals surface area contributed by atoms with Crippen molar-refractivity contribution in [2.45, 2.75) is 17.9 Å². The molecule has 0 radical (unpaired) electrons. The average Bonchev–Trinajstić information content (AvgIpc) is 2.45. The molecule has 6 heteroatoms. The molecule has 5 nitrogen and oxygen atoms in total. The van der Waals surface area contributed by atoms with Crippen LogP contribution in [0, 0.1) is 0 Å². The second kappa shape index (κ2) is 6.69. The molecule has 1 aromatic heterocycles. The fourth-order valence-corrected chi connectivity index (χ4v) is 2.52. The van der Waals surface area contributed by atoms with Crippen molar-refractivity contribution >= 4 is 15.5 Å². The Bertz CT molecular complexity index is 680. The highest BCUT2D eigenvalue weighted by molar-refractivity contribution is 7.90. The number of pyridine rings is 1. The highest BCUT2D eigenvalue weighted by Gasteiger charge is 2.05. The van der Waals surface area contributed by atoms with Crippen LogP contribution < -0.4 is 11.1 Å². The van der Waals surface area contributed by atoms with Gasteiger partial charge in [0.1, 0.15) is 0 Å². The molecule has 0 saturated heterocycles. The quantitative estimate of drug-likeness (QED) is 0.788. The number of hydrogen-bond acceptors (Lipinski definition) is 5. The topological polar surface area (TPSA) is 85.1 Å². The van der Waals surface area contributed by atoms with E-state index in [1.807, 2.05) is 24.3 Å². The second-order valence-electron chi connectivity index (χ2n) is 4.93. The fraction of sp³-hybridized carbons (Fsp3) is 0.267. The number of aromatic nitrogens is 1. The largest absolute Gasteiger partial charge is 0.397 e. The molecule has 0 spiro atoms. The molecule has 0 aliphatic heterocycles. The van der Waals surface area contributed by atoms with Gasteiger partial charge in [-0.05, 0) is 29.8 Å². The Hall–Kier alpha value is -1.92. The zero-order valence-corrected chi connectivity index (χ0v) is 12.7. The van der Waals surface area contributed by atoms with Gasteiger partial charge in [-0.1, -0.05) is 12.1 Å². The van der Waals surface area contributed by atoms with Crippen molar-refractivity contribution in [3.05, 3.63) is 53.9 Å². The molecule has 0 fully saturated rings. The standard InChI is InChI=1S/C15H19N3O2S/c1-21(19,20)15-6-2-12(3-7-15)10-17-9-8-14-5-4-13(16)11-18-14/h2-7,11,17H,8-10,16H2,1H3. The fourth-order valence-electron chi connectivity index (χ4n) is 1.89. The molecule has 1 heterocycles. The summed E-state index contributed by atoms with van der Waals surface area (Å²) in [6, 6.07) is 10.7. The van der Waals surface area contributed by atoms with Gasteiger partial charge in [0.15, 0.2) is 9.84 Å². The summed E-state index contributed by atoms with van der Waals surface area (Å²) in [7, 11) is -3.12. The Morgan fingerprint density at radius 1 is 1.14 bits per heavy atom. The van der Waals surface area contributed by atoms with E-state index in [4.69, 9.17) is 5.73 Å². The molecule has 21 heavy (non-hydrogen) atoms. The third-order valence-corrected chi connectivity index (χ3v) is 4.21. The number of benzene rings is 1. The number of rotatable bonds is 6. The summed E-state index contributed by atoms with van der Waals surface area (Å²) >= 11 is 0. The summed E-state index contributed by atoms with van der Waals surface area (Å²) in [5.74, 6) is 0. The summed E-state index contributed by atoms with van der Waals surface area (Å²) in [6.07, 6.45) is 3.68. The summed E-state index contributed by atoms with van der Waals surface area (Å²) in [5, 5.41) is 3.30. The first-order valence-corrected chi connectivity index (χ1v) is 8.54. The Morgan fingerprint density at radius 3 is 2.43 bits per heavy atom. The van der Waals surface area contributed by atoms with E-state index in [-0.39, 0.29) is 0 Å². The molecule has 1 aromatic carbocycles. The van der Waals surface area contributed by atoms with Crippen LogP contribution in [0.15, 0.2) is 47.5 Å². The van der Waals surface area contributed by atoms with Gasteiger partial charge in [-0.2, -0.15) is 0 Å². The van der Waals surface area contributed by atoms with Crippen LogP contribution in [0.25, 0.3) is 0 Å². The molecule has 0 unspecified atom stereocenters. The van der Waals surface area contributed by atoms with Crippen LogP contribution in [0.1, 0.15) is 11.3 Å². The monoisotopic (exact) mass is 305 g/mol. The lowest BCUT2D eigenvalue weighted by Gasteiger charge is -2.06. The van der Waals surface area contributed by atoms with Crippen LogP contribution >= 0.6 is 0 Å². The van der Waals surface area contributed by atoms with Crippen LogP contribution in [0.2, 0.25) is 0 Å². The molecule has 0 saturated carbocycles. The van der Waals surface area contributed by atoms with E-state index in [0.29, 0.717) is 17.1 Å². The van der Waals surface area contributed by atoms with E-state index in [0.717, 1.165) is 24.2 Å². The van der Waals surface area contributed by atoms with Crippen molar-refractivity contribution in [1.82, 2.24) is 10.3 Å². The van der Waals surface area contributed by atoms with Crippen molar-refractivity contribution < 1.29 is 8.42 Å². The minimum Gasteiger partial charge on any atom is -0.397 e. The minimum atomic E-state index is -3.12. The Labute approximate surface area is 125 Å². The van der Waals surface area contributed by atoms with Gasteiger partial charge in [0.25, 0.3) is 0 Å². The van der Waals surface area contributed by atoms with E-state index in [2.05, 4.69) is 10.3 Å². The van der Waals surface area contributed by atoms with Gasteiger partial charge in [-0.15, -0.1) is 0 Å². The SMILES string of the molecule is CS(=O)(=O)c1ccc(CNCCc2ccc(N)cn2)cc1. The normalized spacial score (nSPS) is 11.5. The van der Waals surface area contributed by atoms with Crippen LogP contribution in [0.4, 0.5) is 5.69 Å². The van der Waals surface area contributed by atoms with Crippen LogP contribution in [0.3, 0.4) is 0 Å². The number of nitrogens with one attached hydrogen (secondary N) is 1. The molecule has 2 aromatic rings. The lowest BCUT2D eigenvalue weighted by atomic mass is 10.2. The molecular weight excluding hydrogens is 286 g/mol. The zero-order valence-electron chi connectivity index (χ0n) is 11.9.